The fraction of sp³-hybridized carbons (Fsp3) is 0. The molecule has 2 aromatic heterocycles. The third-order valence-electron chi connectivity index (χ3n) is 11.6. The molecule has 3 nitrogen and oxygen atoms in total. The van der Waals surface area contributed by atoms with Crippen molar-refractivity contribution < 1.29 is 8.83 Å². The zero-order valence-corrected chi connectivity index (χ0v) is 30.8. The molecule has 0 spiro atoms. The van der Waals surface area contributed by atoms with Crippen molar-refractivity contribution in [3.8, 4) is 22.3 Å². The number of benzene rings is 10. The molecular formula is C54H33NO2. The molecule has 0 saturated heterocycles. The van der Waals surface area contributed by atoms with Crippen molar-refractivity contribution in [2.45, 2.75) is 0 Å². The summed E-state index contributed by atoms with van der Waals surface area (Å²) >= 11 is 0. The van der Waals surface area contributed by atoms with Gasteiger partial charge in [-0.1, -0.05) is 152 Å². The molecule has 3 heteroatoms. The first kappa shape index (κ1) is 31.7. The molecule has 0 fully saturated rings. The second-order valence-corrected chi connectivity index (χ2v) is 14.8. The van der Waals surface area contributed by atoms with Gasteiger partial charge in [0.2, 0.25) is 0 Å². The summed E-state index contributed by atoms with van der Waals surface area (Å²) in [4.78, 5) is 2.34. The zero-order chi connectivity index (χ0) is 37.5. The molecule has 266 valence electrons. The van der Waals surface area contributed by atoms with Gasteiger partial charge in [-0.3, -0.25) is 0 Å². The maximum Gasteiger partial charge on any atom is 0.159 e. The first-order valence-corrected chi connectivity index (χ1v) is 19.4. The molecule has 0 N–H and O–H groups in total. The molecule has 2 heterocycles. The molecule has 10 aromatic carbocycles. The van der Waals surface area contributed by atoms with Gasteiger partial charge >= 0.3 is 0 Å². The summed E-state index contributed by atoms with van der Waals surface area (Å²) in [5.41, 5.74) is 11.0. The number of hydrogen-bond donors (Lipinski definition) is 0. The molecule has 0 unspecified atom stereocenters. The number of hydrogen-bond acceptors (Lipinski definition) is 3. The van der Waals surface area contributed by atoms with Gasteiger partial charge in [0.15, 0.2) is 5.58 Å². The van der Waals surface area contributed by atoms with Crippen molar-refractivity contribution >= 4 is 93.3 Å². The van der Waals surface area contributed by atoms with Gasteiger partial charge in [0.1, 0.15) is 16.7 Å². The first-order valence-electron chi connectivity index (χ1n) is 19.4. The van der Waals surface area contributed by atoms with Crippen LogP contribution in [0.2, 0.25) is 0 Å². The Morgan fingerprint density at radius 2 is 0.912 bits per heavy atom. The summed E-state index contributed by atoms with van der Waals surface area (Å²) in [5.74, 6) is 0. The Morgan fingerprint density at radius 3 is 1.74 bits per heavy atom. The Labute approximate surface area is 328 Å². The van der Waals surface area contributed by atoms with Gasteiger partial charge in [-0.05, 0) is 97.5 Å². The van der Waals surface area contributed by atoms with Crippen molar-refractivity contribution in [2.75, 3.05) is 4.90 Å². The van der Waals surface area contributed by atoms with Gasteiger partial charge in [0.05, 0.1) is 16.8 Å². The van der Waals surface area contributed by atoms with Crippen LogP contribution in [0, 0.1) is 0 Å². The third-order valence-corrected chi connectivity index (χ3v) is 11.6. The van der Waals surface area contributed by atoms with Crippen LogP contribution in [0.4, 0.5) is 17.1 Å². The molecule has 0 aliphatic heterocycles. The summed E-state index contributed by atoms with van der Waals surface area (Å²) in [6.07, 6.45) is 0. The molecular weight excluding hydrogens is 695 g/mol. The lowest BCUT2D eigenvalue weighted by atomic mass is 9.89. The molecule has 0 aliphatic carbocycles. The summed E-state index contributed by atoms with van der Waals surface area (Å²) in [7, 11) is 0. The van der Waals surface area contributed by atoms with E-state index in [-0.39, 0.29) is 0 Å². The van der Waals surface area contributed by atoms with E-state index in [1.165, 1.54) is 27.1 Å². The normalized spacial score (nSPS) is 11.9. The van der Waals surface area contributed by atoms with Crippen molar-refractivity contribution in [1.82, 2.24) is 0 Å². The lowest BCUT2D eigenvalue weighted by Crippen LogP contribution is -2.10. The van der Waals surface area contributed by atoms with Gasteiger partial charge in [-0.25, -0.2) is 0 Å². The number of nitrogens with zero attached hydrogens (tertiary/aromatic N) is 1. The molecule has 0 amide bonds. The minimum absolute atomic E-state index is 0.826. The first-order chi connectivity index (χ1) is 28.3. The summed E-state index contributed by atoms with van der Waals surface area (Å²) < 4.78 is 13.9. The van der Waals surface area contributed by atoms with Crippen LogP contribution < -0.4 is 4.90 Å². The van der Waals surface area contributed by atoms with Gasteiger partial charge in [0.25, 0.3) is 0 Å². The van der Waals surface area contributed by atoms with E-state index in [0.717, 1.165) is 88.4 Å². The van der Waals surface area contributed by atoms with Crippen LogP contribution >= 0.6 is 0 Å². The average Bonchev–Trinajstić information content (AvgIpc) is 3.85. The summed E-state index contributed by atoms with van der Waals surface area (Å²) in [5, 5.41) is 11.5. The number of rotatable bonds is 5. The molecule has 0 aliphatic rings. The number of para-hydroxylation sites is 2. The predicted molar refractivity (Wildman–Crippen MR) is 239 cm³/mol. The smallest absolute Gasteiger partial charge is 0.159 e. The molecule has 0 saturated carbocycles. The molecule has 12 aromatic rings. The van der Waals surface area contributed by atoms with Crippen LogP contribution in [0.1, 0.15) is 0 Å². The Bertz CT molecular complexity index is 3520. The average molecular weight is 728 g/mol. The fourth-order valence-electron chi connectivity index (χ4n) is 9.07. The Hall–Kier alpha value is -7.62. The SMILES string of the molecule is c1ccc(-c2ccc(N(c3cccc4c3oc3ccccc34)c3cccc4oc5c(-c6cc7ccccc7c7ccccc67)c6ccccc6cc5c34)cc2)cc1. The highest BCUT2D eigenvalue weighted by molar-refractivity contribution is 6.26. The van der Waals surface area contributed by atoms with Gasteiger partial charge < -0.3 is 13.7 Å². The van der Waals surface area contributed by atoms with E-state index in [1.807, 2.05) is 12.1 Å². The summed E-state index contributed by atoms with van der Waals surface area (Å²) in [6.45, 7) is 0. The largest absolute Gasteiger partial charge is 0.455 e. The highest BCUT2D eigenvalue weighted by atomic mass is 16.3. The molecule has 0 bridgehead atoms. The topological polar surface area (TPSA) is 29.5 Å². The van der Waals surface area contributed by atoms with E-state index >= 15 is 0 Å². The molecule has 0 radical (unpaired) electrons. The van der Waals surface area contributed by atoms with Crippen LogP contribution in [0.5, 0.6) is 0 Å². The van der Waals surface area contributed by atoms with Gasteiger partial charge in [-0.2, -0.15) is 0 Å². The van der Waals surface area contributed by atoms with Crippen molar-refractivity contribution in [3.05, 3.63) is 200 Å². The van der Waals surface area contributed by atoms with E-state index in [2.05, 4.69) is 193 Å². The van der Waals surface area contributed by atoms with Crippen molar-refractivity contribution in [2.24, 2.45) is 0 Å². The van der Waals surface area contributed by atoms with Crippen molar-refractivity contribution in [1.29, 1.82) is 0 Å². The van der Waals surface area contributed by atoms with Crippen LogP contribution in [-0.2, 0) is 0 Å². The fourth-order valence-corrected chi connectivity index (χ4v) is 9.07. The van der Waals surface area contributed by atoms with Gasteiger partial charge in [-0.15, -0.1) is 0 Å². The van der Waals surface area contributed by atoms with E-state index in [4.69, 9.17) is 8.83 Å². The third kappa shape index (κ3) is 4.86. The number of anilines is 3. The maximum absolute atomic E-state index is 7.13. The van der Waals surface area contributed by atoms with E-state index < -0.39 is 0 Å². The monoisotopic (exact) mass is 727 g/mol. The van der Waals surface area contributed by atoms with Crippen LogP contribution in [-0.4, -0.2) is 0 Å². The Morgan fingerprint density at radius 1 is 0.333 bits per heavy atom. The van der Waals surface area contributed by atoms with Gasteiger partial charge in [0, 0.05) is 27.4 Å². The maximum atomic E-state index is 7.13. The molecule has 0 atom stereocenters. The predicted octanol–water partition coefficient (Wildman–Crippen LogP) is 15.7. The highest BCUT2D eigenvalue weighted by Crippen LogP contribution is 2.50. The zero-order valence-electron chi connectivity index (χ0n) is 30.8. The molecule has 12 rings (SSSR count). The second-order valence-electron chi connectivity index (χ2n) is 14.8. The number of fused-ring (bicyclic) bond motifs is 10. The Balaban J connectivity index is 1.18. The van der Waals surface area contributed by atoms with E-state index in [1.54, 1.807) is 0 Å². The lowest BCUT2D eigenvalue weighted by molar-refractivity contribution is 0.668. The standard InChI is InChI=1S/C54H33NO2/c1-2-14-34(15-3-1)35-28-30-38(31-29-35)55(48-25-12-23-44-43-22-10-11-26-49(43)56-53(44)48)47-24-13-27-50-52(47)46-33-37-17-5-7-19-40(37)51(54(46)57-50)45-32-36-16-4-6-18-39(36)41-20-8-9-21-42(41)45/h1-33H. The second kappa shape index (κ2) is 12.5. The minimum Gasteiger partial charge on any atom is -0.455 e. The van der Waals surface area contributed by atoms with Crippen LogP contribution in [0.3, 0.4) is 0 Å². The van der Waals surface area contributed by atoms with Crippen molar-refractivity contribution in [3.63, 3.8) is 0 Å². The van der Waals surface area contributed by atoms with Crippen LogP contribution in [0.25, 0.3) is 98.4 Å². The van der Waals surface area contributed by atoms with E-state index in [9.17, 15) is 0 Å². The highest BCUT2D eigenvalue weighted by Gasteiger charge is 2.25. The Kier molecular flexibility index (Phi) is 6.93. The van der Waals surface area contributed by atoms with Crippen LogP contribution in [0.15, 0.2) is 209 Å². The van der Waals surface area contributed by atoms with E-state index in [0.29, 0.717) is 0 Å². The quantitative estimate of drug-likeness (QED) is 0.165. The molecule has 57 heavy (non-hydrogen) atoms. The lowest BCUT2D eigenvalue weighted by Gasteiger charge is -2.26. The minimum atomic E-state index is 0.826. The number of furan rings is 2. The summed E-state index contributed by atoms with van der Waals surface area (Å²) in [6, 6.07) is 71.3.